The number of carbonyl (C=O) groups excluding carboxylic acids is 1. The van der Waals surface area contributed by atoms with E-state index in [4.69, 9.17) is 9.84 Å². The molecule has 3 rings (SSSR count). The third kappa shape index (κ3) is 3.99. The maximum atomic E-state index is 14.2. The molecular weight excluding hydrogens is 367 g/mol. The average Bonchev–Trinajstić information content (AvgIpc) is 2.95. The van der Waals surface area contributed by atoms with Gasteiger partial charge in [0.25, 0.3) is 0 Å². The Hall–Kier alpha value is -2.94. The zero-order valence-electron chi connectivity index (χ0n) is 15.8. The number of carbonyl (C=O) groups is 2. The van der Waals surface area contributed by atoms with E-state index in [9.17, 15) is 14.0 Å². The summed E-state index contributed by atoms with van der Waals surface area (Å²) in [7, 11) is 0. The first kappa shape index (κ1) is 19.8. The number of aryl methyl sites for hydroxylation is 1. The second-order valence-corrected chi connectivity index (χ2v) is 6.61. The lowest BCUT2D eigenvalue weighted by Crippen LogP contribution is -2.48. The SMILES string of the molecule is Cc1nn(-c2ccccc2F)c(C)c1C1COCCN1C(=O)NCCC(=O)O. The maximum absolute atomic E-state index is 14.2. The molecule has 2 amide bonds. The van der Waals surface area contributed by atoms with Gasteiger partial charge >= 0.3 is 12.0 Å². The number of carboxylic acid groups (broad SMARTS) is 1. The van der Waals surface area contributed by atoms with Crippen molar-refractivity contribution in [2.45, 2.75) is 26.3 Å². The molecule has 150 valence electrons. The molecule has 28 heavy (non-hydrogen) atoms. The standard InChI is InChI=1S/C19H23FN4O4/c1-12-18(13(2)24(22-12)15-6-4-3-5-14(15)20)16-11-28-10-9-23(16)19(27)21-8-7-17(25)26/h3-6,16H,7-11H2,1-2H3,(H,21,27)(H,25,26). The van der Waals surface area contributed by atoms with Crippen LogP contribution in [0.4, 0.5) is 9.18 Å². The minimum Gasteiger partial charge on any atom is -0.481 e. The lowest BCUT2D eigenvalue weighted by molar-refractivity contribution is -0.136. The van der Waals surface area contributed by atoms with E-state index >= 15 is 0 Å². The monoisotopic (exact) mass is 390 g/mol. The fourth-order valence-corrected chi connectivity index (χ4v) is 3.46. The predicted molar refractivity (Wildman–Crippen MR) is 98.9 cm³/mol. The van der Waals surface area contributed by atoms with Gasteiger partial charge in [-0.1, -0.05) is 12.1 Å². The van der Waals surface area contributed by atoms with E-state index in [1.54, 1.807) is 23.1 Å². The number of halogens is 1. The quantitative estimate of drug-likeness (QED) is 0.816. The van der Waals surface area contributed by atoms with Crippen LogP contribution in [0.15, 0.2) is 24.3 Å². The summed E-state index contributed by atoms with van der Waals surface area (Å²) >= 11 is 0. The molecule has 2 heterocycles. The van der Waals surface area contributed by atoms with Crippen LogP contribution in [0.2, 0.25) is 0 Å². The molecule has 9 heteroatoms. The highest BCUT2D eigenvalue weighted by Crippen LogP contribution is 2.31. The van der Waals surface area contributed by atoms with Crippen molar-refractivity contribution in [2.75, 3.05) is 26.3 Å². The first-order valence-electron chi connectivity index (χ1n) is 9.05. The molecule has 1 aliphatic rings. The molecule has 1 saturated heterocycles. The van der Waals surface area contributed by atoms with Crippen molar-refractivity contribution in [2.24, 2.45) is 0 Å². The Bertz CT molecular complexity index is 883. The van der Waals surface area contributed by atoms with Crippen LogP contribution >= 0.6 is 0 Å². The van der Waals surface area contributed by atoms with Gasteiger partial charge in [-0.3, -0.25) is 4.79 Å². The second-order valence-electron chi connectivity index (χ2n) is 6.61. The first-order chi connectivity index (χ1) is 13.4. The Morgan fingerprint density at radius 3 is 2.82 bits per heavy atom. The number of nitrogens with zero attached hydrogens (tertiary/aromatic N) is 3. The molecule has 0 radical (unpaired) electrons. The Kier molecular flexibility index (Phi) is 5.93. The molecule has 2 N–H and O–H groups in total. The zero-order chi connectivity index (χ0) is 20.3. The third-order valence-corrected chi connectivity index (χ3v) is 4.77. The van der Waals surface area contributed by atoms with Gasteiger partial charge in [-0.05, 0) is 26.0 Å². The highest BCUT2D eigenvalue weighted by atomic mass is 19.1. The molecule has 8 nitrogen and oxygen atoms in total. The Morgan fingerprint density at radius 1 is 1.36 bits per heavy atom. The van der Waals surface area contributed by atoms with E-state index in [0.29, 0.717) is 24.5 Å². The van der Waals surface area contributed by atoms with Crippen molar-refractivity contribution in [3.63, 3.8) is 0 Å². The average molecular weight is 390 g/mol. The predicted octanol–water partition coefficient (Wildman–Crippen LogP) is 2.19. The molecular formula is C19H23FN4O4. The minimum atomic E-state index is -0.975. The summed E-state index contributed by atoms with van der Waals surface area (Å²) in [5.74, 6) is -1.36. The van der Waals surface area contributed by atoms with Crippen LogP contribution in [-0.4, -0.2) is 58.1 Å². The van der Waals surface area contributed by atoms with Crippen molar-refractivity contribution in [1.29, 1.82) is 0 Å². The minimum absolute atomic E-state index is 0.0463. The number of urea groups is 1. The summed E-state index contributed by atoms with van der Waals surface area (Å²) in [5, 5.41) is 15.9. The van der Waals surface area contributed by atoms with Crippen molar-refractivity contribution >= 4 is 12.0 Å². The summed E-state index contributed by atoms with van der Waals surface area (Å²) in [6, 6.07) is 5.62. The van der Waals surface area contributed by atoms with Crippen LogP contribution in [-0.2, 0) is 9.53 Å². The number of ether oxygens (including phenoxy) is 1. The largest absolute Gasteiger partial charge is 0.481 e. The van der Waals surface area contributed by atoms with Crippen molar-refractivity contribution in [1.82, 2.24) is 20.0 Å². The van der Waals surface area contributed by atoms with Gasteiger partial charge in [0.2, 0.25) is 0 Å². The van der Waals surface area contributed by atoms with E-state index in [1.165, 1.54) is 10.7 Å². The van der Waals surface area contributed by atoms with E-state index in [2.05, 4.69) is 10.4 Å². The van der Waals surface area contributed by atoms with Crippen LogP contribution in [0.3, 0.4) is 0 Å². The zero-order valence-corrected chi connectivity index (χ0v) is 15.8. The van der Waals surface area contributed by atoms with E-state index < -0.39 is 5.97 Å². The number of rotatable bonds is 5. The normalized spacial score (nSPS) is 16.8. The number of carboxylic acids is 1. The lowest BCUT2D eigenvalue weighted by atomic mass is 10.0. The van der Waals surface area contributed by atoms with Gasteiger partial charge in [-0.25, -0.2) is 13.9 Å². The summed E-state index contributed by atoms with van der Waals surface area (Å²) in [5.41, 5.74) is 2.54. The number of morpholine rings is 1. The first-order valence-corrected chi connectivity index (χ1v) is 9.05. The van der Waals surface area contributed by atoms with Crippen LogP contribution in [0.25, 0.3) is 5.69 Å². The smallest absolute Gasteiger partial charge is 0.318 e. The van der Waals surface area contributed by atoms with Gasteiger partial charge in [0.15, 0.2) is 0 Å². The molecule has 1 unspecified atom stereocenters. The Morgan fingerprint density at radius 2 is 2.11 bits per heavy atom. The summed E-state index contributed by atoms with van der Waals surface area (Å²) in [4.78, 5) is 24.9. The fraction of sp³-hybridized carbons (Fsp3) is 0.421. The molecule has 0 saturated carbocycles. The number of hydrogen-bond acceptors (Lipinski definition) is 4. The Labute approximate surface area is 161 Å². The van der Waals surface area contributed by atoms with Gasteiger partial charge in [0, 0.05) is 24.3 Å². The second kappa shape index (κ2) is 8.39. The molecule has 1 aliphatic heterocycles. The van der Waals surface area contributed by atoms with E-state index in [-0.39, 0.29) is 37.5 Å². The van der Waals surface area contributed by atoms with Gasteiger partial charge < -0.3 is 20.1 Å². The number of aromatic nitrogens is 2. The molecule has 0 aliphatic carbocycles. The molecule has 1 aromatic heterocycles. The number of aliphatic carboxylic acids is 1. The summed E-state index contributed by atoms with van der Waals surface area (Å²) in [6.07, 6.45) is -0.149. The molecule has 1 fully saturated rings. The summed E-state index contributed by atoms with van der Waals surface area (Å²) < 4.78 is 21.4. The number of hydrogen-bond donors (Lipinski definition) is 2. The van der Waals surface area contributed by atoms with Gasteiger partial charge in [-0.2, -0.15) is 5.10 Å². The van der Waals surface area contributed by atoms with E-state index in [0.717, 1.165) is 11.3 Å². The van der Waals surface area contributed by atoms with Gasteiger partial charge in [-0.15, -0.1) is 0 Å². The van der Waals surface area contributed by atoms with E-state index in [1.807, 2.05) is 13.8 Å². The van der Waals surface area contributed by atoms with Crippen molar-refractivity contribution < 1.29 is 23.8 Å². The van der Waals surface area contributed by atoms with Gasteiger partial charge in [0.1, 0.15) is 11.5 Å². The number of nitrogens with one attached hydrogen (secondary N) is 1. The Balaban J connectivity index is 1.89. The summed E-state index contributed by atoms with van der Waals surface area (Å²) in [6.45, 7) is 4.74. The fourth-order valence-electron chi connectivity index (χ4n) is 3.46. The topological polar surface area (TPSA) is 96.7 Å². The molecule has 0 bridgehead atoms. The van der Waals surface area contributed by atoms with Crippen LogP contribution < -0.4 is 5.32 Å². The maximum Gasteiger partial charge on any atom is 0.318 e. The number of para-hydroxylation sites is 1. The lowest BCUT2D eigenvalue weighted by Gasteiger charge is -2.36. The van der Waals surface area contributed by atoms with Crippen molar-refractivity contribution in [3.8, 4) is 5.69 Å². The number of benzene rings is 1. The highest BCUT2D eigenvalue weighted by Gasteiger charge is 2.33. The highest BCUT2D eigenvalue weighted by molar-refractivity contribution is 5.76. The van der Waals surface area contributed by atoms with Crippen LogP contribution in [0.5, 0.6) is 0 Å². The van der Waals surface area contributed by atoms with Crippen LogP contribution in [0, 0.1) is 19.7 Å². The molecule has 2 aromatic rings. The number of amides is 2. The third-order valence-electron chi connectivity index (χ3n) is 4.77. The molecule has 1 atom stereocenters. The van der Waals surface area contributed by atoms with Crippen LogP contribution in [0.1, 0.15) is 29.4 Å². The van der Waals surface area contributed by atoms with Crippen molar-refractivity contribution in [3.05, 3.63) is 47.0 Å². The molecule has 0 spiro atoms. The van der Waals surface area contributed by atoms with Gasteiger partial charge in [0.05, 0.1) is 31.4 Å². The molecule has 1 aromatic carbocycles.